The largest absolute Gasteiger partial charge is 0.312 e. The Kier molecular flexibility index (Phi) is 5.70. The minimum atomic E-state index is -3.32. The van der Waals surface area contributed by atoms with Crippen LogP contribution in [0.5, 0.6) is 0 Å². The van der Waals surface area contributed by atoms with E-state index in [0.717, 1.165) is 30.1 Å². The minimum absolute atomic E-state index is 0.420. The van der Waals surface area contributed by atoms with E-state index in [9.17, 15) is 8.42 Å². The van der Waals surface area contributed by atoms with Gasteiger partial charge in [0.25, 0.3) is 0 Å². The van der Waals surface area contributed by atoms with Gasteiger partial charge < -0.3 is 5.32 Å². The maximum absolute atomic E-state index is 12.1. The van der Waals surface area contributed by atoms with Crippen molar-refractivity contribution in [2.75, 3.05) is 18.8 Å². The van der Waals surface area contributed by atoms with Crippen LogP contribution in [0.15, 0.2) is 16.3 Å². The monoisotopic (exact) mass is 320 g/mol. The molecule has 0 amide bonds. The first-order chi connectivity index (χ1) is 9.12. The number of thioether (sulfide) groups is 1. The van der Waals surface area contributed by atoms with Gasteiger partial charge >= 0.3 is 0 Å². The molecule has 108 valence electrons. The molecule has 0 radical (unpaired) electrons. The third kappa shape index (κ3) is 4.46. The maximum Gasteiger partial charge on any atom is 0.250 e. The van der Waals surface area contributed by atoms with Gasteiger partial charge in [0.05, 0.1) is 0 Å². The van der Waals surface area contributed by atoms with Gasteiger partial charge in [-0.1, -0.05) is 6.92 Å². The van der Waals surface area contributed by atoms with E-state index in [1.165, 1.54) is 17.8 Å². The fourth-order valence-electron chi connectivity index (χ4n) is 1.92. The lowest BCUT2D eigenvalue weighted by Gasteiger charge is -2.09. The Balaban J connectivity index is 1.92. The fourth-order valence-corrected chi connectivity index (χ4v) is 5.68. The van der Waals surface area contributed by atoms with Crippen LogP contribution in [0.4, 0.5) is 0 Å². The highest BCUT2D eigenvalue weighted by Gasteiger charge is 2.21. The average Bonchev–Trinajstić information content (AvgIpc) is 3.05. The van der Waals surface area contributed by atoms with Crippen LogP contribution in [0.25, 0.3) is 0 Å². The predicted octanol–water partition coefficient (Wildman–Crippen LogP) is 2.03. The van der Waals surface area contributed by atoms with Crippen molar-refractivity contribution in [3.05, 3.63) is 17.0 Å². The fraction of sp³-hybridized carbons (Fsp3) is 0.667. The van der Waals surface area contributed by atoms with Crippen molar-refractivity contribution in [3.8, 4) is 0 Å². The summed E-state index contributed by atoms with van der Waals surface area (Å²) >= 11 is 3.20. The molecule has 1 aliphatic rings. The Morgan fingerprint density at radius 1 is 1.42 bits per heavy atom. The minimum Gasteiger partial charge on any atom is -0.312 e. The van der Waals surface area contributed by atoms with Crippen molar-refractivity contribution < 1.29 is 8.42 Å². The van der Waals surface area contributed by atoms with E-state index in [1.807, 2.05) is 24.8 Å². The van der Waals surface area contributed by atoms with E-state index < -0.39 is 10.0 Å². The summed E-state index contributed by atoms with van der Waals surface area (Å²) in [6, 6.07) is 3.58. The SMILES string of the molecule is CCNCc1ccc(S(=O)(=O)NCC2CCCS2)s1. The molecular weight excluding hydrogens is 300 g/mol. The molecular formula is C12H20N2O2S3. The molecule has 1 atom stereocenters. The number of nitrogens with one attached hydrogen (secondary N) is 2. The molecule has 7 heteroatoms. The number of hydrogen-bond donors (Lipinski definition) is 2. The molecule has 1 aliphatic heterocycles. The Bertz CT molecular complexity index is 493. The number of thiophene rings is 1. The first-order valence-electron chi connectivity index (χ1n) is 6.52. The normalized spacial score (nSPS) is 19.9. The van der Waals surface area contributed by atoms with Gasteiger partial charge in [-0.3, -0.25) is 0 Å². The molecule has 1 unspecified atom stereocenters. The van der Waals surface area contributed by atoms with E-state index in [0.29, 0.717) is 16.0 Å². The van der Waals surface area contributed by atoms with Gasteiger partial charge in [0.15, 0.2) is 0 Å². The number of rotatable bonds is 7. The zero-order valence-corrected chi connectivity index (χ0v) is 13.5. The molecule has 2 heterocycles. The lowest BCUT2D eigenvalue weighted by Crippen LogP contribution is -2.29. The predicted molar refractivity (Wildman–Crippen MR) is 82.4 cm³/mol. The van der Waals surface area contributed by atoms with Crippen LogP contribution in [-0.2, 0) is 16.6 Å². The Morgan fingerprint density at radius 2 is 2.26 bits per heavy atom. The summed E-state index contributed by atoms with van der Waals surface area (Å²) in [4.78, 5) is 1.05. The van der Waals surface area contributed by atoms with E-state index in [2.05, 4.69) is 10.0 Å². The van der Waals surface area contributed by atoms with Gasteiger partial charge in [0, 0.05) is 23.2 Å². The average molecular weight is 321 g/mol. The lowest BCUT2D eigenvalue weighted by atomic mass is 10.2. The highest BCUT2D eigenvalue weighted by molar-refractivity contribution is 8.00. The molecule has 1 aromatic heterocycles. The van der Waals surface area contributed by atoms with Crippen molar-refractivity contribution in [1.82, 2.24) is 10.0 Å². The highest BCUT2D eigenvalue weighted by Crippen LogP contribution is 2.26. The smallest absolute Gasteiger partial charge is 0.250 e. The number of hydrogen-bond acceptors (Lipinski definition) is 5. The summed E-state index contributed by atoms with van der Waals surface area (Å²) in [6.07, 6.45) is 2.31. The summed E-state index contributed by atoms with van der Waals surface area (Å²) < 4.78 is 27.4. The van der Waals surface area contributed by atoms with Crippen LogP contribution in [0.2, 0.25) is 0 Å². The van der Waals surface area contributed by atoms with Crippen molar-refractivity contribution in [1.29, 1.82) is 0 Å². The second-order valence-corrected chi connectivity index (χ2v) is 9.06. The van der Waals surface area contributed by atoms with Crippen molar-refractivity contribution in [3.63, 3.8) is 0 Å². The summed E-state index contributed by atoms with van der Waals surface area (Å²) in [5.74, 6) is 1.15. The summed E-state index contributed by atoms with van der Waals surface area (Å²) in [6.45, 7) is 4.20. The second kappa shape index (κ2) is 7.08. The Labute approximate surface area is 123 Å². The first kappa shape index (κ1) is 15.3. The van der Waals surface area contributed by atoms with Crippen LogP contribution in [0.3, 0.4) is 0 Å². The van der Waals surface area contributed by atoms with Gasteiger partial charge in [-0.2, -0.15) is 11.8 Å². The topological polar surface area (TPSA) is 58.2 Å². The van der Waals surface area contributed by atoms with Crippen LogP contribution >= 0.6 is 23.1 Å². The highest BCUT2D eigenvalue weighted by atomic mass is 32.2. The molecule has 1 fully saturated rings. The first-order valence-corrected chi connectivity index (χ1v) is 9.87. The second-order valence-electron chi connectivity index (χ2n) is 4.49. The molecule has 4 nitrogen and oxygen atoms in total. The molecule has 0 spiro atoms. The van der Waals surface area contributed by atoms with E-state index in [1.54, 1.807) is 6.07 Å². The third-order valence-corrected chi connectivity index (χ3v) is 7.37. The lowest BCUT2D eigenvalue weighted by molar-refractivity contribution is 0.581. The molecule has 2 rings (SSSR count). The van der Waals surface area contributed by atoms with Gasteiger partial charge in [-0.25, -0.2) is 13.1 Å². The van der Waals surface area contributed by atoms with Crippen LogP contribution in [-0.4, -0.2) is 32.5 Å². The Hall–Kier alpha value is -0.0800. The molecule has 1 aromatic rings. The quantitative estimate of drug-likeness (QED) is 0.807. The van der Waals surface area contributed by atoms with Crippen LogP contribution in [0, 0.1) is 0 Å². The zero-order chi connectivity index (χ0) is 13.7. The maximum atomic E-state index is 12.1. The Morgan fingerprint density at radius 3 is 2.95 bits per heavy atom. The summed E-state index contributed by atoms with van der Waals surface area (Å²) in [5, 5.41) is 3.64. The summed E-state index contributed by atoms with van der Waals surface area (Å²) in [5.41, 5.74) is 0. The molecule has 0 bridgehead atoms. The van der Waals surface area contributed by atoms with Crippen LogP contribution < -0.4 is 10.0 Å². The standard InChI is InChI=1S/C12H20N2O2S3/c1-2-13-8-11-5-6-12(18-11)19(15,16)14-9-10-4-3-7-17-10/h5-6,10,13-14H,2-4,7-9H2,1H3. The molecule has 1 saturated heterocycles. The molecule has 2 N–H and O–H groups in total. The molecule has 19 heavy (non-hydrogen) atoms. The zero-order valence-electron chi connectivity index (χ0n) is 11.0. The van der Waals surface area contributed by atoms with Crippen molar-refractivity contribution in [2.45, 2.75) is 35.8 Å². The molecule has 0 aromatic carbocycles. The van der Waals surface area contributed by atoms with Crippen molar-refractivity contribution in [2.24, 2.45) is 0 Å². The summed E-state index contributed by atoms with van der Waals surface area (Å²) in [7, 11) is -3.32. The van der Waals surface area contributed by atoms with E-state index in [4.69, 9.17) is 0 Å². The van der Waals surface area contributed by atoms with Crippen LogP contribution in [0.1, 0.15) is 24.6 Å². The van der Waals surface area contributed by atoms with E-state index in [-0.39, 0.29) is 0 Å². The van der Waals surface area contributed by atoms with Gasteiger partial charge in [-0.15, -0.1) is 11.3 Å². The third-order valence-electron chi connectivity index (χ3n) is 2.98. The van der Waals surface area contributed by atoms with Gasteiger partial charge in [0.2, 0.25) is 10.0 Å². The molecule has 0 aliphatic carbocycles. The van der Waals surface area contributed by atoms with Gasteiger partial charge in [-0.05, 0) is 37.3 Å². The van der Waals surface area contributed by atoms with Gasteiger partial charge in [0.1, 0.15) is 4.21 Å². The molecule has 0 saturated carbocycles. The van der Waals surface area contributed by atoms with Crippen molar-refractivity contribution >= 4 is 33.1 Å². The van der Waals surface area contributed by atoms with E-state index >= 15 is 0 Å². The number of sulfonamides is 1.